The fourth-order valence-corrected chi connectivity index (χ4v) is 2.81. The minimum Gasteiger partial charge on any atom is -0.478 e. The molecule has 0 fully saturated rings. The van der Waals surface area contributed by atoms with Crippen molar-refractivity contribution in [3.05, 3.63) is 95.1 Å². The lowest BCUT2D eigenvalue weighted by Gasteiger charge is -2.11. The maximum atomic E-state index is 11.8. The van der Waals surface area contributed by atoms with Crippen molar-refractivity contribution in [3.8, 4) is 11.1 Å². The van der Waals surface area contributed by atoms with Crippen molar-refractivity contribution in [3.63, 3.8) is 0 Å². The van der Waals surface area contributed by atoms with Crippen LogP contribution >= 0.6 is 0 Å². The zero-order chi connectivity index (χ0) is 17.8. The highest BCUT2D eigenvalue weighted by atomic mass is 16.4. The van der Waals surface area contributed by atoms with Gasteiger partial charge in [0, 0.05) is 5.56 Å². The van der Waals surface area contributed by atoms with Crippen LogP contribution in [0.4, 0.5) is 0 Å². The highest BCUT2D eigenvalue weighted by Crippen LogP contribution is 2.27. The van der Waals surface area contributed by atoms with Crippen molar-refractivity contribution in [1.29, 1.82) is 0 Å². The van der Waals surface area contributed by atoms with E-state index in [1.54, 1.807) is 24.3 Å². The van der Waals surface area contributed by atoms with Gasteiger partial charge < -0.3 is 10.8 Å². The third-order valence-electron chi connectivity index (χ3n) is 4.02. The largest absolute Gasteiger partial charge is 0.478 e. The van der Waals surface area contributed by atoms with Gasteiger partial charge in [0.05, 0.1) is 5.56 Å². The Bertz CT molecular complexity index is 933. The van der Waals surface area contributed by atoms with Crippen molar-refractivity contribution in [2.45, 2.75) is 6.42 Å². The highest BCUT2D eigenvalue weighted by Gasteiger charge is 2.13. The summed E-state index contributed by atoms with van der Waals surface area (Å²) in [4.78, 5) is 23.0. The number of carboxylic acids is 1. The molecule has 0 radical (unpaired) electrons. The summed E-state index contributed by atoms with van der Waals surface area (Å²) in [5.41, 5.74) is 9.51. The molecule has 3 rings (SSSR count). The normalized spacial score (nSPS) is 10.4. The summed E-state index contributed by atoms with van der Waals surface area (Å²) in [5.74, 6) is -1.55. The number of carbonyl (C=O) groups excluding carboxylic acids is 1. The minimum absolute atomic E-state index is 0.168. The van der Waals surface area contributed by atoms with Crippen molar-refractivity contribution in [2.75, 3.05) is 0 Å². The van der Waals surface area contributed by atoms with Gasteiger partial charge in [0.15, 0.2) is 0 Å². The maximum absolute atomic E-state index is 11.8. The predicted octanol–water partition coefficient (Wildman–Crippen LogP) is 3.74. The SMILES string of the molecule is NC(=O)c1ccc(Cc2ccccc2)cc1-c1cccc(C(=O)O)c1. The van der Waals surface area contributed by atoms with Gasteiger partial charge in [-0.2, -0.15) is 0 Å². The van der Waals surface area contributed by atoms with Crippen LogP contribution in [0.1, 0.15) is 31.8 Å². The van der Waals surface area contributed by atoms with Gasteiger partial charge in [-0.15, -0.1) is 0 Å². The lowest BCUT2D eigenvalue weighted by atomic mass is 9.93. The number of nitrogens with two attached hydrogens (primary N) is 1. The van der Waals surface area contributed by atoms with Gasteiger partial charge in [-0.1, -0.05) is 54.6 Å². The Kier molecular flexibility index (Phi) is 4.61. The summed E-state index contributed by atoms with van der Waals surface area (Å²) < 4.78 is 0. The van der Waals surface area contributed by atoms with Crippen molar-refractivity contribution >= 4 is 11.9 Å². The van der Waals surface area contributed by atoms with E-state index in [-0.39, 0.29) is 5.56 Å². The Morgan fingerprint density at radius 2 is 1.60 bits per heavy atom. The Balaban J connectivity index is 2.07. The summed E-state index contributed by atoms with van der Waals surface area (Å²) in [5, 5.41) is 9.19. The summed E-state index contributed by atoms with van der Waals surface area (Å²) in [6.07, 6.45) is 0.714. The van der Waals surface area contributed by atoms with E-state index in [1.807, 2.05) is 42.5 Å². The molecular weight excluding hydrogens is 314 g/mol. The molecular formula is C21H17NO3. The van der Waals surface area contributed by atoms with E-state index in [2.05, 4.69) is 0 Å². The molecule has 0 bridgehead atoms. The number of benzene rings is 3. The molecule has 1 amide bonds. The first-order chi connectivity index (χ1) is 12.0. The van der Waals surface area contributed by atoms with Gasteiger partial charge in [0.2, 0.25) is 5.91 Å². The molecule has 3 aromatic rings. The van der Waals surface area contributed by atoms with Crippen LogP contribution in [-0.4, -0.2) is 17.0 Å². The first-order valence-corrected chi connectivity index (χ1v) is 7.85. The molecule has 0 aliphatic carbocycles. The summed E-state index contributed by atoms with van der Waals surface area (Å²) in [6.45, 7) is 0. The maximum Gasteiger partial charge on any atom is 0.335 e. The molecule has 0 spiro atoms. The molecule has 3 aromatic carbocycles. The van der Waals surface area contributed by atoms with E-state index in [0.29, 0.717) is 23.1 Å². The highest BCUT2D eigenvalue weighted by molar-refractivity contribution is 6.00. The summed E-state index contributed by atoms with van der Waals surface area (Å²) in [7, 11) is 0. The van der Waals surface area contributed by atoms with Gasteiger partial charge in [-0.25, -0.2) is 4.79 Å². The van der Waals surface area contributed by atoms with Crippen LogP contribution in [-0.2, 0) is 6.42 Å². The van der Waals surface area contributed by atoms with Crippen LogP contribution in [0.2, 0.25) is 0 Å². The van der Waals surface area contributed by atoms with E-state index >= 15 is 0 Å². The molecule has 4 heteroatoms. The Morgan fingerprint density at radius 3 is 2.28 bits per heavy atom. The van der Waals surface area contributed by atoms with Crippen LogP contribution in [0.25, 0.3) is 11.1 Å². The van der Waals surface area contributed by atoms with Crippen LogP contribution in [0.3, 0.4) is 0 Å². The Hall–Kier alpha value is -3.40. The molecule has 0 saturated carbocycles. The summed E-state index contributed by atoms with van der Waals surface area (Å²) in [6, 6.07) is 22.0. The zero-order valence-electron chi connectivity index (χ0n) is 13.5. The molecule has 0 aliphatic heterocycles. The Morgan fingerprint density at radius 1 is 0.840 bits per heavy atom. The molecule has 0 unspecified atom stereocenters. The van der Waals surface area contributed by atoms with Gasteiger partial charge >= 0.3 is 5.97 Å². The predicted molar refractivity (Wildman–Crippen MR) is 96.6 cm³/mol. The van der Waals surface area contributed by atoms with E-state index in [9.17, 15) is 14.7 Å². The molecule has 25 heavy (non-hydrogen) atoms. The molecule has 0 saturated heterocycles. The standard InChI is InChI=1S/C21H17NO3/c22-20(23)18-10-9-15(11-14-5-2-1-3-6-14)12-19(18)16-7-4-8-17(13-16)21(24)25/h1-10,12-13H,11H2,(H2,22,23)(H,24,25). The third kappa shape index (κ3) is 3.75. The molecule has 0 heterocycles. The lowest BCUT2D eigenvalue weighted by Crippen LogP contribution is -2.12. The molecule has 0 aliphatic rings. The van der Waals surface area contributed by atoms with Crippen LogP contribution in [0, 0.1) is 0 Å². The third-order valence-corrected chi connectivity index (χ3v) is 4.02. The minimum atomic E-state index is -1.01. The number of amides is 1. The Labute approximate surface area is 145 Å². The van der Waals surface area contributed by atoms with Crippen molar-refractivity contribution < 1.29 is 14.7 Å². The van der Waals surface area contributed by atoms with Crippen LogP contribution in [0.5, 0.6) is 0 Å². The molecule has 0 atom stereocenters. The number of rotatable bonds is 5. The second-order valence-corrected chi connectivity index (χ2v) is 5.79. The average molecular weight is 331 g/mol. The van der Waals surface area contributed by atoms with Gasteiger partial charge in [0.1, 0.15) is 0 Å². The lowest BCUT2D eigenvalue weighted by molar-refractivity contribution is 0.0696. The summed E-state index contributed by atoms with van der Waals surface area (Å²) >= 11 is 0. The topological polar surface area (TPSA) is 80.4 Å². The van der Waals surface area contributed by atoms with E-state index in [4.69, 9.17) is 5.73 Å². The van der Waals surface area contributed by atoms with Gasteiger partial charge in [-0.05, 0) is 46.9 Å². The molecule has 3 N–H and O–H groups in total. The zero-order valence-corrected chi connectivity index (χ0v) is 13.5. The molecule has 0 aromatic heterocycles. The van der Waals surface area contributed by atoms with Crippen molar-refractivity contribution in [2.24, 2.45) is 5.73 Å². The first kappa shape index (κ1) is 16.5. The molecule has 124 valence electrons. The van der Waals surface area contributed by atoms with Crippen LogP contribution in [0.15, 0.2) is 72.8 Å². The monoisotopic (exact) mass is 331 g/mol. The van der Waals surface area contributed by atoms with E-state index in [1.165, 1.54) is 6.07 Å². The quantitative estimate of drug-likeness (QED) is 0.747. The second kappa shape index (κ2) is 7.01. The van der Waals surface area contributed by atoms with E-state index in [0.717, 1.165) is 11.1 Å². The fraction of sp³-hybridized carbons (Fsp3) is 0.0476. The van der Waals surface area contributed by atoms with Crippen molar-refractivity contribution in [1.82, 2.24) is 0 Å². The number of primary amides is 1. The fourth-order valence-electron chi connectivity index (χ4n) is 2.81. The van der Waals surface area contributed by atoms with Crippen LogP contribution < -0.4 is 5.73 Å². The first-order valence-electron chi connectivity index (χ1n) is 7.85. The number of hydrogen-bond donors (Lipinski definition) is 2. The van der Waals surface area contributed by atoms with E-state index < -0.39 is 11.9 Å². The molecule has 4 nitrogen and oxygen atoms in total. The number of carboxylic acid groups (broad SMARTS) is 1. The number of aromatic carboxylic acids is 1. The number of hydrogen-bond acceptors (Lipinski definition) is 2. The number of carbonyl (C=O) groups is 2. The van der Waals surface area contributed by atoms with Gasteiger partial charge in [0.25, 0.3) is 0 Å². The second-order valence-electron chi connectivity index (χ2n) is 5.79. The van der Waals surface area contributed by atoms with Gasteiger partial charge in [-0.3, -0.25) is 4.79 Å². The smallest absolute Gasteiger partial charge is 0.335 e. The average Bonchev–Trinajstić information content (AvgIpc) is 2.62.